The van der Waals surface area contributed by atoms with Gasteiger partial charge in [0.15, 0.2) is 0 Å². The summed E-state index contributed by atoms with van der Waals surface area (Å²) < 4.78 is 10.1. The first-order chi connectivity index (χ1) is 7.84. The Morgan fingerprint density at radius 3 is 2.75 bits per heavy atom. The zero-order chi connectivity index (χ0) is 11.2. The first kappa shape index (κ1) is 10.7. The fraction of sp³-hybridized carbons (Fsp3) is 0.308. The van der Waals surface area contributed by atoms with Crippen molar-refractivity contribution in [2.75, 3.05) is 0 Å². The van der Waals surface area contributed by atoms with Gasteiger partial charge in [-0.05, 0) is 18.4 Å². The molecular formula is C13H14O3. The molecule has 0 saturated heterocycles. The lowest BCUT2D eigenvalue weighted by molar-refractivity contribution is -0.169. The molecule has 1 aromatic rings. The van der Waals surface area contributed by atoms with Crippen molar-refractivity contribution in [1.82, 2.24) is 0 Å². The van der Waals surface area contributed by atoms with Crippen LogP contribution in [0, 0.1) is 0 Å². The van der Waals surface area contributed by atoms with Crippen LogP contribution in [0.15, 0.2) is 42.7 Å². The molecule has 3 heteroatoms. The summed E-state index contributed by atoms with van der Waals surface area (Å²) in [6.45, 7) is 0. The van der Waals surface area contributed by atoms with Gasteiger partial charge in [-0.25, -0.2) is 4.79 Å². The molecule has 0 fully saturated rings. The minimum absolute atomic E-state index is 0.323. The Kier molecular flexibility index (Phi) is 3.59. The molecular weight excluding hydrogens is 204 g/mol. The van der Waals surface area contributed by atoms with Gasteiger partial charge in [-0.1, -0.05) is 30.3 Å². The predicted molar refractivity (Wildman–Crippen MR) is 59.5 cm³/mol. The van der Waals surface area contributed by atoms with Gasteiger partial charge in [0.05, 0.1) is 12.3 Å². The van der Waals surface area contributed by atoms with E-state index in [-0.39, 0.29) is 5.97 Å². The van der Waals surface area contributed by atoms with Crippen molar-refractivity contribution in [3.8, 4) is 0 Å². The number of hydrogen-bond donors (Lipinski definition) is 0. The Balaban J connectivity index is 1.72. The van der Waals surface area contributed by atoms with Crippen molar-refractivity contribution in [3.05, 3.63) is 48.2 Å². The molecule has 1 unspecified atom stereocenters. The van der Waals surface area contributed by atoms with Crippen molar-refractivity contribution < 1.29 is 14.3 Å². The molecule has 84 valence electrons. The maximum absolute atomic E-state index is 10.9. The van der Waals surface area contributed by atoms with E-state index >= 15 is 0 Å². The number of cyclic esters (lactones) is 1. The third-order valence-corrected chi connectivity index (χ3v) is 2.43. The van der Waals surface area contributed by atoms with E-state index in [1.54, 1.807) is 0 Å². The molecule has 0 radical (unpaired) electrons. The Hall–Kier alpha value is -1.77. The predicted octanol–water partition coefficient (Wildman–Crippen LogP) is 2.42. The molecule has 0 amide bonds. The maximum Gasteiger partial charge on any atom is 0.336 e. The van der Waals surface area contributed by atoms with Crippen molar-refractivity contribution in [3.63, 3.8) is 0 Å². The zero-order valence-corrected chi connectivity index (χ0v) is 8.96. The van der Waals surface area contributed by atoms with Gasteiger partial charge in [0.2, 0.25) is 6.29 Å². The number of benzene rings is 1. The number of carbonyl (C=O) groups is 1. The standard InChI is InChI=1S/C13H14O3/c14-12-9-10-15-13(16-12)8-4-7-11-5-2-1-3-6-11/h1-3,5-6,9-10,13H,4,7-8H2. The van der Waals surface area contributed by atoms with Gasteiger partial charge in [-0.3, -0.25) is 0 Å². The summed E-state index contributed by atoms with van der Waals surface area (Å²) in [6, 6.07) is 10.2. The molecule has 0 aliphatic carbocycles. The number of carbonyl (C=O) groups excluding carboxylic acids is 1. The van der Waals surface area contributed by atoms with Gasteiger partial charge in [0, 0.05) is 6.42 Å². The van der Waals surface area contributed by atoms with Crippen LogP contribution >= 0.6 is 0 Å². The van der Waals surface area contributed by atoms with E-state index in [0.717, 1.165) is 19.3 Å². The lowest BCUT2D eigenvalue weighted by Crippen LogP contribution is -2.22. The average Bonchev–Trinajstić information content (AvgIpc) is 2.30. The summed E-state index contributed by atoms with van der Waals surface area (Å²) in [5, 5.41) is 0. The average molecular weight is 218 g/mol. The van der Waals surface area contributed by atoms with E-state index in [1.807, 2.05) is 18.2 Å². The molecule has 0 saturated carbocycles. The smallest absolute Gasteiger partial charge is 0.336 e. The molecule has 1 aromatic carbocycles. The SMILES string of the molecule is O=C1C=COC(CCCc2ccccc2)O1. The number of hydrogen-bond acceptors (Lipinski definition) is 3. The van der Waals surface area contributed by atoms with Crippen LogP contribution in [-0.2, 0) is 20.7 Å². The Labute approximate surface area is 94.7 Å². The third-order valence-electron chi connectivity index (χ3n) is 2.43. The highest BCUT2D eigenvalue weighted by Gasteiger charge is 2.16. The summed E-state index contributed by atoms with van der Waals surface area (Å²) in [7, 11) is 0. The number of rotatable bonds is 4. The fourth-order valence-corrected chi connectivity index (χ4v) is 1.62. The first-order valence-electron chi connectivity index (χ1n) is 5.41. The number of ether oxygens (including phenoxy) is 2. The van der Waals surface area contributed by atoms with E-state index in [0.29, 0.717) is 0 Å². The Bertz CT molecular complexity index is 370. The van der Waals surface area contributed by atoms with E-state index in [2.05, 4.69) is 12.1 Å². The van der Waals surface area contributed by atoms with Crippen molar-refractivity contribution in [1.29, 1.82) is 0 Å². The second-order valence-corrected chi connectivity index (χ2v) is 3.68. The highest BCUT2D eigenvalue weighted by atomic mass is 16.7. The van der Waals surface area contributed by atoms with E-state index in [1.165, 1.54) is 17.9 Å². The van der Waals surface area contributed by atoms with Crippen molar-refractivity contribution in [2.45, 2.75) is 25.6 Å². The van der Waals surface area contributed by atoms with Gasteiger partial charge in [-0.2, -0.15) is 0 Å². The highest BCUT2D eigenvalue weighted by Crippen LogP contribution is 2.12. The molecule has 1 atom stereocenters. The second kappa shape index (κ2) is 5.35. The van der Waals surface area contributed by atoms with Crippen LogP contribution < -0.4 is 0 Å². The van der Waals surface area contributed by atoms with Gasteiger partial charge in [0.25, 0.3) is 0 Å². The van der Waals surface area contributed by atoms with Crippen molar-refractivity contribution in [2.24, 2.45) is 0 Å². The van der Waals surface area contributed by atoms with Crippen LogP contribution in [0.2, 0.25) is 0 Å². The first-order valence-corrected chi connectivity index (χ1v) is 5.41. The van der Waals surface area contributed by atoms with Crippen LogP contribution in [0.3, 0.4) is 0 Å². The summed E-state index contributed by atoms with van der Waals surface area (Å²) in [5.74, 6) is -0.323. The molecule has 2 rings (SSSR count). The monoisotopic (exact) mass is 218 g/mol. The minimum atomic E-state index is -0.416. The lowest BCUT2D eigenvalue weighted by Gasteiger charge is -2.19. The second-order valence-electron chi connectivity index (χ2n) is 3.68. The normalized spacial score (nSPS) is 19.0. The highest BCUT2D eigenvalue weighted by molar-refractivity contribution is 5.82. The van der Waals surface area contributed by atoms with Crippen LogP contribution in [0.4, 0.5) is 0 Å². The summed E-state index contributed by atoms with van der Waals surface area (Å²) in [4.78, 5) is 10.9. The maximum atomic E-state index is 10.9. The quantitative estimate of drug-likeness (QED) is 0.728. The third kappa shape index (κ3) is 3.12. The molecule has 0 N–H and O–H groups in total. The lowest BCUT2D eigenvalue weighted by atomic mass is 10.1. The zero-order valence-electron chi connectivity index (χ0n) is 8.96. The largest absolute Gasteiger partial charge is 0.462 e. The van der Waals surface area contributed by atoms with Gasteiger partial charge in [0.1, 0.15) is 0 Å². The van der Waals surface area contributed by atoms with E-state index in [9.17, 15) is 4.79 Å². The fourth-order valence-electron chi connectivity index (χ4n) is 1.62. The Morgan fingerprint density at radius 1 is 1.19 bits per heavy atom. The van der Waals surface area contributed by atoms with Crippen LogP contribution in [0.1, 0.15) is 18.4 Å². The summed E-state index contributed by atoms with van der Waals surface area (Å²) in [6.07, 6.45) is 4.91. The Morgan fingerprint density at radius 2 is 2.00 bits per heavy atom. The van der Waals surface area contributed by atoms with Crippen LogP contribution in [-0.4, -0.2) is 12.3 Å². The van der Waals surface area contributed by atoms with Crippen LogP contribution in [0.25, 0.3) is 0 Å². The summed E-state index contributed by atoms with van der Waals surface area (Å²) in [5.41, 5.74) is 1.29. The summed E-state index contributed by atoms with van der Waals surface area (Å²) >= 11 is 0. The van der Waals surface area contributed by atoms with E-state index < -0.39 is 6.29 Å². The number of aryl methyl sites for hydroxylation is 1. The van der Waals surface area contributed by atoms with E-state index in [4.69, 9.17) is 9.47 Å². The minimum Gasteiger partial charge on any atom is -0.462 e. The molecule has 0 aromatic heterocycles. The van der Waals surface area contributed by atoms with Gasteiger partial charge < -0.3 is 9.47 Å². The molecule has 3 nitrogen and oxygen atoms in total. The topological polar surface area (TPSA) is 35.5 Å². The molecule has 1 aliphatic rings. The van der Waals surface area contributed by atoms with Gasteiger partial charge >= 0.3 is 5.97 Å². The molecule has 0 spiro atoms. The van der Waals surface area contributed by atoms with Gasteiger partial charge in [-0.15, -0.1) is 0 Å². The molecule has 1 aliphatic heterocycles. The molecule has 1 heterocycles. The molecule has 16 heavy (non-hydrogen) atoms. The van der Waals surface area contributed by atoms with Crippen LogP contribution in [0.5, 0.6) is 0 Å². The van der Waals surface area contributed by atoms with Crippen molar-refractivity contribution >= 4 is 5.97 Å². The molecule has 0 bridgehead atoms. The number of esters is 1.